The van der Waals surface area contributed by atoms with E-state index in [4.69, 9.17) is 4.42 Å². The van der Waals surface area contributed by atoms with Gasteiger partial charge in [-0.25, -0.2) is 0 Å². The SMILES string of the molecule is CNC(=O)c1ccc(CC2(C)CCCC(C(F)(F)F)C2)o1. The zero-order chi connectivity index (χ0) is 15.7. The molecule has 1 aromatic heterocycles. The van der Waals surface area contributed by atoms with Crippen LogP contribution in [0.4, 0.5) is 13.2 Å². The monoisotopic (exact) mass is 303 g/mol. The van der Waals surface area contributed by atoms with Gasteiger partial charge in [-0.3, -0.25) is 4.79 Å². The summed E-state index contributed by atoms with van der Waals surface area (Å²) in [5.74, 6) is -0.800. The summed E-state index contributed by atoms with van der Waals surface area (Å²) >= 11 is 0. The number of hydrogen-bond donors (Lipinski definition) is 1. The maximum Gasteiger partial charge on any atom is 0.391 e. The summed E-state index contributed by atoms with van der Waals surface area (Å²) in [6, 6.07) is 3.23. The van der Waals surface area contributed by atoms with Crippen molar-refractivity contribution in [2.45, 2.75) is 45.2 Å². The van der Waals surface area contributed by atoms with E-state index in [9.17, 15) is 18.0 Å². The molecule has 2 atom stereocenters. The highest BCUT2D eigenvalue weighted by Crippen LogP contribution is 2.47. The third-order valence-electron chi connectivity index (χ3n) is 4.25. The first kappa shape index (κ1) is 15.9. The fourth-order valence-corrected chi connectivity index (χ4v) is 3.15. The summed E-state index contributed by atoms with van der Waals surface area (Å²) < 4.78 is 44.1. The average molecular weight is 303 g/mol. The van der Waals surface area contributed by atoms with Gasteiger partial charge in [-0.2, -0.15) is 13.2 Å². The molecule has 2 unspecified atom stereocenters. The molecule has 1 N–H and O–H groups in total. The van der Waals surface area contributed by atoms with Crippen molar-refractivity contribution in [2.24, 2.45) is 11.3 Å². The number of rotatable bonds is 3. The third-order valence-corrected chi connectivity index (χ3v) is 4.25. The average Bonchev–Trinajstić information content (AvgIpc) is 2.84. The molecular weight excluding hydrogens is 283 g/mol. The van der Waals surface area contributed by atoms with Gasteiger partial charge in [0.15, 0.2) is 5.76 Å². The van der Waals surface area contributed by atoms with Gasteiger partial charge in [0, 0.05) is 13.5 Å². The van der Waals surface area contributed by atoms with Gasteiger partial charge in [0.1, 0.15) is 5.76 Å². The molecule has 1 saturated carbocycles. The quantitative estimate of drug-likeness (QED) is 0.919. The van der Waals surface area contributed by atoms with Crippen LogP contribution < -0.4 is 5.32 Å². The minimum Gasteiger partial charge on any atom is -0.456 e. The lowest BCUT2D eigenvalue weighted by Gasteiger charge is -2.38. The van der Waals surface area contributed by atoms with Crippen LogP contribution in [0.15, 0.2) is 16.5 Å². The van der Waals surface area contributed by atoms with Crippen molar-refractivity contribution in [1.82, 2.24) is 5.32 Å². The van der Waals surface area contributed by atoms with Gasteiger partial charge in [-0.1, -0.05) is 13.3 Å². The predicted octanol–water partition coefficient (Wildman–Crippen LogP) is 3.94. The molecule has 0 bridgehead atoms. The molecule has 1 aliphatic carbocycles. The Morgan fingerprint density at radius 1 is 1.48 bits per heavy atom. The van der Waals surface area contributed by atoms with Crippen LogP contribution >= 0.6 is 0 Å². The molecule has 1 aromatic rings. The van der Waals surface area contributed by atoms with E-state index in [2.05, 4.69) is 5.32 Å². The van der Waals surface area contributed by atoms with Gasteiger partial charge in [0.25, 0.3) is 5.91 Å². The van der Waals surface area contributed by atoms with Gasteiger partial charge < -0.3 is 9.73 Å². The molecule has 0 aliphatic heterocycles. The lowest BCUT2D eigenvalue weighted by molar-refractivity contribution is -0.191. The minimum absolute atomic E-state index is 0.118. The normalized spacial score (nSPS) is 26.6. The first-order valence-corrected chi connectivity index (χ1v) is 7.11. The highest BCUT2D eigenvalue weighted by atomic mass is 19.4. The third kappa shape index (κ3) is 3.80. The van der Waals surface area contributed by atoms with E-state index in [1.807, 2.05) is 6.92 Å². The van der Waals surface area contributed by atoms with Crippen LogP contribution in [0.25, 0.3) is 0 Å². The molecule has 1 heterocycles. The number of halogens is 3. The summed E-state index contributed by atoms with van der Waals surface area (Å²) in [7, 11) is 1.50. The summed E-state index contributed by atoms with van der Waals surface area (Å²) in [6.07, 6.45) is -2.05. The van der Waals surface area contributed by atoms with Crippen LogP contribution in [0.2, 0.25) is 0 Å². The van der Waals surface area contributed by atoms with Gasteiger partial charge in [-0.05, 0) is 36.8 Å². The highest BCUT2D eigenvalue weighted by Gasteiger charge is 2.46. The molecule has 0 aromatic carbocycles. The predicted molar refractivity (Wildman–Crippen MR) is 71.9 cm³/mol. The first-order chi connectivity index (χ1) is 9.73. The Bertz CT molecular complexity index is 509. The van der Waals surface area contributed by atoms with Gasteiger partial charge >= 0.3 is 6.18 Å². The van der Waals surface area contributed by atoms with Crippen molar-refractivity contribution >= 4 is 5.91 Å². The van der Waals surface area contributed by atoms with Crippen LogP contribution in [-0.2, 0) is 6.42 Å². The smallest absolute Gasteiger partial charge is 0.391 e. The number of nitrogens with one attached hydrogen (secondary N) is 1. The molecule has 1 amide bonds. The lowest BCUT2D eigenvalue weighted by Crippen LogP contribution is -2.35. The molecule has 3 nitrogen and oxygen atoms in total. The van der Waals surface area contributed by atoms with Crippen LogP contribution in [0.5, 0.6) is 0 Å². The number of furan rings is 1. The molecule has 21 heavy (non-hydrogen) atoms. The van der Waals surface area contributed by atoms with E-state index in [1.54, 1.807) is 12.1 Å². The largest absolute Gasteiger partial charge is 0.456 e. The Balaban J connectivity index is 2.07. The molecule has 1 aliphatic rings. The second-order valence-electron chi connectivity index (χ2n) is 6.17. The van der Waals surface area contributed by atoms with Crippen molar-refractivity contribution in [3.8, 4) is 0 Å². The zero-order valence-electron chi connectivity index (χ0n) is 12.2. The van der Waals surface area contributed by atoms with Crippen LogP contribution in [-0.4, -0.2) is 19.1 Å². The van der Waals surface area contributed by atoms with Gasteiger partial charge in [0.2, 0.25) is 0 Å². The fourth-order valence-electron chi connectivity index (χ4n) is 3.15. The maximum absolute atomic E-state index is 12.9. The van der Waals surface area contributed by atoms with Gasteiger partial charge in [-0.15, -0.1) is 0 Å². The first-order valence-electron chi connectivity index (χ1n) is 7.11. The van der Waals surface area contributed by atoms with Crippen molar-refractivity contribution in [2.75, 3.05) is 7.05 Å². The topological polar surface area (TPSA) is 42.2 Å². The van der Waals surface area contributed by atoms with Crippen LogP contribution in [0.1, 0.15) is 48.9 Å². The summed E-state index contributed by atoms with van der Waals surface area (Å²) in [6.45, 7) is 1.87. The van der Waals surface area contributed by atoms with Crippen molar-refractivity contribution in [1.29, 1.82) is 0 Å². The number of hydrogen-bond acceptors (Lipinski definition) is 2. The maximum atomic E-state index is 12.9. The Morgan fingerprint density at radius 3 is 2.81 bits per heavy atom. The lowest BCUT2D eigenvalue weighted by atomic mass is 9.68. The second kappa shape index (κ2) is 5.73. The molecular formula is C15H20F3NO2. The molecule has 118 valence electrons. The van der Waals surface area contributed by atoms with E-state index < -0.39 is 17.5 Å². The molecule has 1 fully saturated rings. The summed E-state index contributed by atoms with van der Waals surface area (Å²) in [5, 5.41) is 2.45. The number of carbonyl (C=O) groups is 1. The van der Waals surface area contributed by atoms with E-state index in [-0.39, 0.29) is 24.5 Å². The number of carbonyl (C=O) groups excluding carboxylic acids is 1. The zero-order valence-corrected chi connectivity index (χ0v) is 12.2. The second-order valence-corrected chi connectivity index (χ2v) is 6.17. The number of amides is 1. The molecule has 2 rings (SSSR count). The van der Waals surface area contributed by atoms with Crippen molar-refractivity contribution in [3.05, 3.63) is 23.7 Å². The Kier molecular flexibility index (Phi) is 4.35. The van der Waals surface area contributed by atoms with Crippen molar-refractivity contribution in [3.63, 3.8) is 0 Å². The minimum atomic E-state index is -4.13. The van der Waals surface area contributed by atoms with Crippen molar-refractivity contribution < 1.29 is 22.4 Å². The molecule has 0 saturated heterocycles. The fraction of sp³-hybridized carbons (Fsp3) is 0.667. The van der Waals surface area contributed by atoms with Crippen LogP contribution in [0, 0.1) is 11.3 Å². The van der Waals surface area contributed by atoms with E-state index in [0.29, 0.717) is 18.6 Å². The highest BCUT2D eigenvalue weighted by molar-refractivity contribution is 5.91. The standard InChI is InChI=1S/C15H20F3NO2/c1-14(7-3-4-10(8-14)15(16,17)18)9-11-5-6-12(21-11)13(20)19-2/h5-6,10H,3-4,7-9H2,1-2H3,(H,19,20). The van der Waals surface area contributed by atoms with E-state index >= 15 is 0 Å². The van der Waals surface area contributed by atoms with Crippen LogP contribution in [0.3, 0.4) is 0 Å². The molecule has 6 heteroatoms. The summed E-state index contributed by atoms with van der Waals surface area (Å²) in [5.41, 5.74) is -0.434. The Hall–Kier alpha value is -1.46. The van der Waals surface area contributed by atoms with E-state index in [0.717, 1.165) is 6.42 Å². The summed E-state index contributed by atoms with van der Waals surface area (Å²) in [4.78, 5) is 11.4. The van der Waals surface area contributed by atoms with E-state index in [1.165, 1.54) is 7.05 Å². The number of alkyl halides is 3. The van der Waals surface area contributed by atoms with Gasteiger partial charge in [0.05, 0.1) is 5.92 Å². The Labute approximate surface area is 121 Å². The molecule has 0 radical (unpaired) electrons. The Morgan fingerprint density at radius 2 is 2.19 bits per heavy atom. The molecule has 0 spiro atoms.